The zero-order chi connectivity index (χ0) is 15.9. The van der Waals surface area contributed by atoms with E-state index in [2.05, 4.69) is 43.3 Å². The molecule has 1 amide bonds. The summed E-state index contributed by atoms with van der Waals surface area (Å²) in [5.41, 5.74) is 0.762. The van der Waals surface area contributed by atoms with Gasteiger partial charge >= 0.3 is 0 Å². The Morgan fingerprint density at radius 1 is 1.55 bits per heavy atom. The van der Waals surface area contributed by atoms with Gasteiger partial charge in [-0.3, -0.25) is 4.79 Å². The molecule has 0 saturated heterocycles. The zero-order valence-corrected chi connectivity index (χ0v) is 15.1. The number of benzene rings is 1. The first kappa shape index (κ1) is 17.0. The smallest absolute Gasteiger partial charge is 0.237 e. The van der Waals surface area contributed by atoms with Gasteiger partial charge in [-0.25, -0.2) is 0 Å². The van der Waals surface area contributed by atoms with Gasteiger partial charge in [0.05, 0.1) is 5.25 Å². The highest BCUT2D eigenvalue weighted by Gasteiger charge is 2.17. The van der Waals surface area contributed by atoms with Gasteiger partial charge in [-0.2, -0.15) is 0 Å². The topological polar surface area (TPSA) is 66.9 Å². The molecule has 2 aromatic rings. The van der Waals surface area contributed by atoms with Crippen molar-refractivity contribution in [3.8, 4) is 0 Å². The molecule has 1 aromatic heterocycles. The number of carbonyl (C=O) groups is 1. The van der Waals surface area contributed by atoms with Crippen molar-refractivity contribution in [2.45, 2.75) is 16.5 Å². The largest absolute Gasteiger partial charge is 0.357 e. The summed E-state index contributed by atoms with van der Waals surface area (Å²) in [7, 11) is 0. The predicted molar refractivity (Wildman–Crippen MR) is 96.7 cm³/mol. The van der Waals surface area contributed by atoms with Gasteiger partial charge in [0, 0.05) is 16.7 Å². The summed E-state index contributed by atoms with van der Waals surface area (Å²) < 4.78 is 1.68. The van der Waals surface area contributed by atoms with Gasteiger partial charge in [0.1, 0.15) is 0 Å². The van der Waals surface area contributed by atoms with E-state index in [1.165, 1.54) is 23.1 Å². The molecular weight excluding hydrogens is 384 g/mol. The van der Waals surface area contributed by atoms with Crippen LogP contribution < -0.4 is 10.6 Å². The van der Waals surface area contributed by atoms with E-state index in [9.17, 15) is 4.79 Å². The fourth-order valence-corrected chi connectivity index (χ4v) is 3.81. The quantitative estimate of drug-likeness (QED) is 0.544. The van der Waals surface area contributed by atoms with Crippen molar-refractivity contribution in [3.05, 3.63) is 41.4 Å². The normalized spacial score (nSPS) is 11.7. The molecule has 0 aliphatic heterocycles. The van der Waals surface area contributed by atoms with Crippen molar-refractivity contribution < 1.29 is 4.79 Å². The number of aromatic nitrogens is 2. The molecule has 5 nitrogen and oxygen atoms in total. The number of thioether (sulfide) groups is 1. The maximum Gasteiger partial charge on any atom is 0.237 e. The summed E-state index contributed by atoms with van der Waals surface area (Å²) in [5.74, 6) is -0.0705. The molecule has 1 atom stereocenters. The van der Waals surface area contributed by atoms with E-state index in [0.717, 1.165) is 19.6 Å². The monoisotopic (exact) mass is 398 g/mol. The summed E-state index contributed by atoms with van der Waals surface area (Å²) in [4.78, 5) is 12.2. The molecule has 1 aromatic carbocycles. The lowest BCUT2D eigenvalue weighted by Gasteiger charge is -2.10. The number of nitrogens with one attached hydrogen (secondary N) is 2. The summed E-state index contributed by atoms with van der Waals surface area (Å²) in [6, 6.07) is 7.49. The average molecular weight is 399 g/mol. The van der Waals surface area contributed by atoms with Crippen LogP contribution in [0.4, 0.5) is 10.8 Å². The van der Waals surface area contributed by atoms with E-state index in [1.54, 1.807) is 6.08 Å². The lowest BCUT2D eigenvalue weighted by atomic mass is 10.3. The number of hydrogen-bond donors (Lipinski definition) is 2. The molecule has 8 heteroatoms. The van der Waals surface area contributed by atoms with E-state index >= 15 is 0 Å². The van der Waals surface area contributed by atoms with E-state index < -0.39 is 0 Å². The van der Waals surface area contributed by atoms with Crippen molar-refractivity contribution in [1.82, 2.24) is 10.2 Å². The number of nitrogens with zero attached hydrogens (tertiary/aromatic N) is 2. The van der Waals surface area contributed by atoms with Crippen molar-refractivity contribution in [2.75, 3.05) is 17.2 Å². The molecular formula is C14H15BrN4OS2. The Labute approximate surface area is 145 Å². The predicted octanol–water partition coefficient (Wildman–Crippen LogP) is 4.02. The Kier molecular flexibility index (Phi) is 6.41. The number of anilines is 2. The van der Waals surface area contributed by atoms with Crippen LogP contribution in [0.3, 0.4) is 0 Å². The highest BCUT2D eigenvalue weighted by Crippen LogP contribution is 2.29. The van der Waals surface area contributed by atoms with Crippen molar-refractivity contribution in [1.29, 1.82) is 0 Å². The number of hydrogen-bond acceptors (Lipinski definition) is 6. The number of halogens is 1. The summed E-state index contributed by atoms with van der Waals surface area (Å²) >= 11 is 6.19. The van der Waals surface area contributed by atoms with Crippen LogP contribution >= 0.6 is 39.0 Å². The van der Waals surface area contributed by atoms with Crippen molar-refractivity contribution in [2.24, 2.45) is 0 Å². The third-order valence-electron chi connectivity index (χ3n) is 2.54. The maximum absolute atomic E-state index is 12.2. The second-order valence-corrected chi connectivity index (χ2v) is 7.78. The molecule has 0 radical (unpaired) electrons. The Morgan fingerprint density at radius 3 is 3.09 bits per heavy atom. The van der Waals surface area contributed by atoms with E-state index in [-0.39, 0.29) is 11.2 Å². The first-order valence-corrected chi connectivity index (χ1v) is 8.98. The van der Waals surface area contributed by atoms with Gasteiger partial charge in [0.15, 0.2) is 4.34 Å². The fraction of sp³-hybridized carbons (Fsp3) is 0.214. The van der Waals surface area contributed by atoms with E-state index in [1.807, 2.05) is 31.2 Å². The average Bonchev–Trinajstić information content (AvgIpc) is 2.92. The maximum atomic E-state index is 12.2. The molecule has 0 bridgehead atoms. The molecule has 116 valence electrons. The van der Waals surface area contributed by atoms with Crippen LogP contribution in [-0.2, 0) is 4.79 Å². The van der Waals surface area contributed by atoms with E-state index in [4.69, 9.17) is 0 Å². The number of carbonyl (C=O) groups excluding carboxylic acids is 1. The Bertz CT molecular complexity index is 662. The lowest BCUT2D eigenvalue weighted by Crippen LogP contribution is -2.22. The first-order valence-electron chi connectivity index (χ1n) is 6.50. The minimum atomic E-state index is -0.265. The number of rotatable bonds is 7. The molecule has 2 rings (SSSR count). The lowest BCUT2D eigenvalue weighted by molar-refractivity contribution is -0.115. The molecule has 0 aliphatic carbocycles. The van der Waals surface area contributed by atoms with Crippen molar-refractivity contribution >= 4 is 55.8 Å². The highest BCUT2D eigenvalue weighted by molar-refractivity contribution is 9.10. The van der Waals surface area contributed by atoms with Crippen LogP contribution in [0.15, 0.2) is 45.7 Å². The van der Waals surface area contributed by atoms with Crippen LogP contribution in [0, 0.1) is 0 Å². The number of amides is 1. The van der Waals surface area contributed by atoms with Crippen LogP contribution in [0.1, 0.15) is 6.92 Å². The molecule has 1 unspecified atom stereocenters. The third-order valence-corrected chi connectivity index (χ3v) is 5.10. The van der Waals surface area contributed by atoms with Gasteiger partial charge < -0.3 is 10.6 Å². The Morgan fingerprint density at radius 2 is 2.36 bits per heavy atom. The molecule has 0 spiro atoms. The second-order valence-electron chi connectivity index (χ2n) is 4.30. The first-order chi connectivity index (χ1) is 10.6. The third kappa shape index (κ3) is 5.11. The van der Waals surface area contributed by atoms with Gasteiger partial charge in [0.25, 0.3) is 0 Å². The SMILES string of the molecule is C=CCNc1nnc(SC(C)C(=O)Nc2cccc(Br)c2)s1. The van der Waals surface area contributed by atoms with Crippen LogP contribution in [0.25, 0.3) is 0 Å². The second kappa shape index (κ2) is 8.30. The molecule has 22 heavy (non-hydrogen) atoms. The summed E-state index contributed by atoms with van der Waals surface area (Å²) in [6.45, 7) is 6.11. The molecule has 1 heterocycles. The summed E-state index contributed by atoms with van der Waals surface area (Å²) in [6.07, 6.45) is 1.75. The minimum absolute atomic E-state index is 0.0705. The fourth-order valence-electron chi connectivity index (χ4n) is 1.50. The van der Waals surface area contributed by atoms with Gasteiger partial charge in [0.2, 0.25) is 11.0 Å². The van der Waals surface area contributed by atoms with Gasteiger partial charge in [-0.05, 0) is 25.1 Å². The Balaban J connectivity index is 1.90. The highest BCUT2D eigenvalue weighted by atomic mass is 79.9. The van der Waals surface area contributed by atoms with Gasteiger partial charge in [-0.1, -0.05) is 51.2 Å². The summed E-state index contributed by atoms with van der Waals surface area (Å²) in [5, 5.41) is 14.5. The molecule has 0 saturated carbocycles. The minimum Gasteiger partial charge on any atom is -0.357 e. The Hall–Kier alpha value is -1.38. The molecule has 2 N–H and O–H groups in total. The van der Waals surface area contributed by atoms with Gasteiger partial charge in [-0.15, -0.1) is 16.8 Å². The standard InChI is InChI=1S/C14H15BrN4OS2/c1-3-7-16-13-18-19-14(22-13)21-9(2)12(20)17-11-6-4-5-10(15)8-11/h3-6,8-9H,1,7H2,2H3,(H,16,18)(H,17,20). The zero-order valence-electron chi connectivity index (χ0n) is 11.9. The van der Waals surface area contributed by atoms with E-state index in [0.29, 0.717) is 6.54 Å². The van der Waals surface area contributed by atoms with Crippen molar-refractivity contribution in [3.63, 3.8) is 0 Å². The van der Waals surface area contributed by atoms with Crippen LogP contribution in [0.2, 0.25) is 0 Å². The van der Waals surface area contributed by atoms with Crippen LogP contribution in [0.5, 0.6) is 0 Å². The van der Waals surface area contributed by atoms with Crippen LogP contribution in [-0.4, -0.2) is 27.9 Å². The molecule has 0 fully saturated rings. The molecule has 0 aliphatic rings.